The fourth-order valence-corrected chi connectivity index (χ4v) is 3.84. The smallest absolute Gasteiger partial charge is 0.163 e. The predicted molar refractivity (Wildman–Crippen MR) is 108 cm³/mol. The zero-order chi connectivity index (χ0) is 18.1. The van der Waals surface area contributed by atoms with Crippen molar-refractivity contribution in [3.63, 3.8) is 0 Å². The van der Waals surface area contributed by atoms with Gasteiger partial charge < -0.3 is 10.6 Å². The Labute approximate surface area is 154 Å². The van der Waals surface area contributed by atoms with Crippen LogP contribution in [0.5, 0.6) is 0 Å². The molecule has 1 atom stereocenters. The van der Waals surface area contributed by atoms with Crippen LogP contribution in [-0.4, -0.2) is 11.8 Å². The Morgan fingerprint density at radius 2 is 1.65 bits per heavy atom. The highest BCUT2D eigenvalue weighted by Crippen LogP contribution is 2.41. The van der Waals surface area contributed by atoms with Crippen LogP contribution in [0.15, 0.2) is 71.9 Å². The molecule has 1 heterocycles. The van der Waals surface area contributed by atoms with Gasteiger partial charge in [0.2, 0.25) is 0 Å². The lowest BCUT2D eigenvalue weighted by Crippen LogP contribution is -2.34. The molecule has 1 aliphatic carbocycles. The number of hydrogen-bond donors (Lipinski definition) is 2. The van der Waals surface area contributed by atoms with E-state index in [-0.39, 0.29) is 17.2 Å². The largest absolute Gasteiger partial charge is 0.373 e. The zero-order valence-corrected chi connectivity index (χ0v) is 15.3. The number of hydrogen-bond acceptors (Lipinski definition) is 3. The van der Waals surface area contributed by atoms with Crippen molar-refractivity contribution in [1.29, 1.82) is 0 Å². The lowest BCUT2D eigenvalue weighted by atomic mass is 9.74. The maximum absolute atomic E-state index is 13.0. The highest BCUT2D eigenvalue weighted by Gasteiger charge is 2.37. The molecule has 0 saturated carbocycles. The molecular weight excluding hydrogens is 320 g/mol. The summed E-state index contributed by atoms with van der Waals surface area (Å²) in [4.78, 5) is 13.0. The number of carbonyl (C=O) groups excluding carboxylic acids is 1. The van der Waals surface area contributed by atoms with Crippen LogP contribution in [0.2, 0.25) is 0 Å². The molecule has 26 heavy (non-hydrogen) atoms. The SMILES string of the molecule is CC1(C)CC(=O)C2=C(C1)Nc1ccccc1N[C@@H]2/C=C/c1ccccc1. The highest BCUT2D eigenvalue weighted by atomic mass is 16.1. The van der Waals surface area contributed by atoms with Gasteiger partial charge in [-0.25, -0.2) is 0 Å². The monoisotopic (exact) mass is 344 g/mol. The van der Waals surface area contributed by atoms with Gasteiger partial charge in [0.15, 0.2) is 5.78 Å². The van der Waals surface area contributed by atoms with Gasteiger partial charge in [-0.1, -0.05) is 68.5 Å². The first-order chi connectivity index (χ1) is 12.5. The second kappa shape index (κ2) is 6.49. The topological polar surface area (TPSA) is 41.1 Å². The number of ketones is 1. The maximum Gasteiger partial charge on any atom is 0.163 e. The third-order valence-corrected chi connectivity index (χ3v) is 5.04. The molecule has 3 nitrogen and oxygen atoms in total. The molecular formula is C23H24N2O. The molecule has 0 saturated heterocycles. The minimum absolute atomic E-state index is 0.0180. The van der Waals surface area contributed by atoms with E-state index in [1.807, 2.05) is 30.3 Å². The second-order valence-corrected chi connectivity index (χ2v) is 7.90. The minimum Gasteiger partial charge on any atom is -0.373 e. The quantitative estimate of drug-likeness (QED) is 0.782. The number of nitrogens with one attached hydrogen (secondary N) is 2. The first-order valence-electron chi connectivity index (χ1n) is 9.14. The first-order valence-corrected chi connectivity index (χ1v) is 9.14. The Bertz CT molecular complexity index is 893. The highest BCUT2D eigenvalue weighted by molar-refractivity contribution is 6.01. The molecule has 0 bridgehead atoms. The summed E-state index contributed by atoms with van der Waals surface area (Å²) in [7, 11) is 0. The number of carbonyl (C=O) groups is 1. The van der Waals surface area contributed by atoms with Gasteiger partial charge >= 0.3 is 0 Å². The number of allylic oxidation sites excluding steroid dienone is 1. The zero-order valence-electron chi connectivity index (χ0n) is 15.3. The fraction of sp³-hybridized carbons (Fsp3) is 0.261. The Hall–Kier alpha value is -2.81. The number of anilines is 2. The molecule has 0 radical (unpaired) electrons. The summed E-state index contributed by atoms with van der Waals surface area (Å²) >= 11 is 0. The molecule has 0 unspecified atom stereocenters. The van der Waals surface area contributed by atoms with Gasteiger partial charge in [-0.15, -0.1) is 0 Å². The van der Waals surface area contributed by atoms with Gasteiger partial charge in [0.05, 0.1) is 17.4 Å². The Balaban J connectivity index is 1.77. The van der Waals surface area contributed by atoms with E-state index in [2.05, 4.69) is 60.9 Å². The molecule has 0 amide bonds. The van der Waals surface area contributed by atoms with Crippen LogP contribution < -0.4 is 10.6 Å². The van der Waals surface area contributed by atoms with Crippen molar-refractivity contribution >= 4 is 23.2 Å². The first kappa shape index (κ1) is 16.6. The Morgan fingerprint density at radius 3 is 2.42 bits per heavy atom. The van der Waals surface area contributed by atoms with Crippen molar-refractivity contribution in [2.75, 3.05) is 10.6 Å². The van der Waals surface area contributed by atoms with Crippen LogP contribution in [0.25, 0.3) is 6.08 Å². The summed E-state index contributed by atoms with van der Waals surface area (Å²) < 4.78 is 0. The number of fused-ring (bicyclic) bond motifs is 1. The molecule has 1 aliphatic heterocycles. The standard InChI is InChI=1S/C23H24N2O/c1-23(2)14-20-22(21(26)15-23)19(13-12-16-8-4-3-5-9-16)24-17-10-6-7-11-18(17)25-20/h3-13,19,24-25H,14-15H2,1-2H3/b13-12+/t19-/m1/s1. The normalized spacial score (nSPS) is 21.5. The summed E-state index contributed by atoms with van der Waals surface area (Å²) in [5, 5.41) is 7.10. The molecule has 2 N–H and O–H groups in total. The third kappa shape index (κ3) is 3.30. The average Bonchev–Trinajstić information content (AvgIpc) is 2.75. The van der Waals surface area contributed by atoms with E-state index in [9.17, 15) is 4.79 Å². The van der Waals surface area contributed by atoms with Crippen molar-refractivity contribution in [2.24, 2.45) is 5.41 Å². The van der Waals surface area contributed by atoms with E-state index in [1.54, 1.807) is 0 Å². The van der Waals surface area contributed by atoms with E-state index in [4.69, 9.17) is 0 Å². The number of Topliss-reactive ketones (excluding diaryl/α,β-unsaturated/α-hetero) is 1. The van der Waals surface area contributed by atoms with Gasteiger partial charge in [-0.05, 0) is 29.5 Å². The molecule has 4 rings (SSSR count). The Morgan fingerprint density at radius 1 is 0.962 bits per heavy atom. The van der Waals surface area contributed by atoms with E-state index < -0.39 is 0 Å². The maximum atomic E-state index is 13.0. The molecule has 132 valence electrons. The van der Waals surface area contributed by atoms with E-state index >= 15 is 0 Å². The molecule has 3 heteroatoms. The van der Waals surface area contributed by atoms with Crippen molar-refractivity contribution in [3.05, 3.63) is 77.5 Å². The van der Waals surface area contributed by atoms with Crippen molar-refractivity contribution in [1.82, 2.24) is 0 Å². The molecule has 2 aliphatic rings. The van der Waals surface area contributed by atoms with Gasteiger partial charge in [0.1, 0.15) is 0 Å². The van der Waals surface area contributed by atoms with Gasteiger partial charge in [-0.3, -0.25) is 4.79 Å². The molecule has 2 aromatic rings. The number of benzene rings is 2. The summed E-state index contributed by atoms with van der Waals surface area (Å²) in [6.07, 6.45) is 5.65. The van der Waals surface area contributed by atoms with Gasteiger partial charge in [-0.2, -0.15) is 0 Å². The van der Waals surface area contributed by atoms with Crippen LogP contribution in [-0.2, 0) is 4.79 Å². The third-order valence-electron chi connectivity index (χ3n) is 5.04. The van der Waals surface area contributed by atoms with Crippen LogP contribution >= 0.6 is 0 Å². The number of para-hydroxylation sites is 2. The van der Waals surface area contributed by atoms with Gasteiger partial charge in [0, 0.05) is 17.7 Å². The second-order valence-electron chi connectivity index (χ2n) is 7.90. The lowest BCUT2D eigenvalue weighted by Gasteiger charge is -2.33. The summed E-state index contributed by atoms with van der Waals surface area (Å²) in [6.45, 7) is 4.32. The summed E-state index contributed by atoms with van der Waals surface area (Å²) in [5.74, 6) is 0.228. The van der Waals surface area contributed by atoms with Crippen molar-refractivity contribution in [2.45, 2.75) is 32.7 Å². The average molecular weight is 344 g/mol. The lowest BCUT2D eigenvalue weighted by molar-refractivity contribution is -0.118. The molecule has 0 spiro atoms. The van der Waals surface area contributed by atoms with Crippen LogP contribution in [0, 0.1) is 5.41 Å². The Kier molecular flexibility index (Phi) is 4.15. The van der Waals surface area contributed by atoms with E-state index in [0.29, 0.717) is 6.42 Å². The van der Waals surface area contributed by atoms with Crippen molar-refractivity contribution < 1.29 is 4.79 Å². The molecule has 2 aromatic carbocycles. The fourth-order valence-electron chi connectivity index (χ4n) is 3.84. The van der Waals surface area contributed by atoms with E-state index in [1.165, 1.54) is 0 Å². The predicted octanol–water partition coefficient (Wildman–Crippen LogP) is 5.25. The van der Waals surface area contributed by atoms with Crippen LogP contribution in [0.1, 0.15) is 32.3 Å². The molecule has 0 aromatic heterocycles. The summed E-state index contributed by atoms with van der Waals surface area (Å²) in [5.41, 5.74) is 5.08. The van der Waals surface area contributed by atoms with Crippen LogP contribution in [0.4, 0.5) is 11.4 Å². The van der Waals surface area contributed by atoms with Crippen molar-refractivity contribution in [3.8, 4) is 0 Å². The summed E-state index contributed by atoms with van der Waals surface area (Å²) in [6, 6.07) is 18.2. The van der Waals surface area contributed by atoms with Gasteiger partial charge in [0.25, 0.3) is 0 Å². The minimum atomic E-state index is -0.134. The van der Waals surface area contributed by atoms with E-state index in [0.717, 1.165) is 34.6 Å². The molecule has 0 fully saturated rings. The number of rotatable bonds is 2. The van der Waals surface area contributed by atoms with Crippen LogP contribution in [0.3, 0.4) is 0 Å².